The minimum atomic E-state index is 0.103. The highest BCUT2D eigenvalue weighted by atomic mass is 32.2. The Morgan fingerprint density at radius 1 is 1.30 bits per heavy atom. The van der Waals surface area contributed by atoms with Gasteiger partial charge in [-0.3, -0.25) is 4.79 Å². The fourth-order valence-electron chi connectivity index (χ4n) is 1.62. The molecule has 0 unspecified atom stereocenters. The van der Waals surface area contributed by atoms with Crippen LogP contribution in [0.25, 0.3) is 0 Å². The van der Waals surface area contributed by atoms with Crippen molar-refractivity contribution in [3.63, 3.8) is 0 Å². The summed E-state index contributed by atoms with van der Waals surface area (Å²) in [5.74, 6) is 1.50. The zero-order valence-electron chi connectivity index (χ0n) is 12.6. The van der Waals surface area contributed by atoms with Crippen LogP contribution in [0.5, 0.6) is 0 Å². The molecule has 1 aromatic carbocycles. The number of carbonyl (C=O) groups excluding carboxylic acids is 1. The molecule has 0 saturated heterocycles. The van der Waals surface area contributed by atoms with Crippen LogP contribution in [0.4, 0.5) is 0 Å². The van der Waals surface area contributed by atoms with Gasteiger partial charge in [-0.25, -0.2) is 0 Å². The average Bonchev–Trinajstić information content (AvgIpc) is 2.40. The molecule has 0 fully saturated rings. The molecular formula is C16H25NO2S. The number of hydrogen-bond acceptors (Lipinski definition) is 3. The summed E-state index contributed by atoms with van der Waals surface area (Å²) in [6.07, 6.45) is 1.13. The van der Waals surface area contributed by atoms with Crippen molar-refractivity contribution in [1.82, 2.24) is 5.32 Å². The first-order chi connectivity index (χ1) is 9.58. The lowest BCUT2D eigenvalue weighted by atomic mass is 10.2. The second-order valence-corrected chi connectivity index (χ2v) is 6.09. The second kappa shape index (κ2) is 9.83. The number of amides is 1. The highest BCUT2D eigenvalue weighted by Crippen LogP contribution is 2.12. The summed E-state index contributed by atoms with van der Waals surface area (Å²) in [5.41, 5.74) is 2.53. The lowest BCUT2D eigenvalue weighted by Crippen LogP contribution is -2.27. The van der Waals surface area contributed by atoms with Crippen LogP contribution < -0.4 is 5.32 Å². The first kappa shape index (κ1) is 17.1. The van der Waals surface area contributed by atoms with Gasteiger partial charge in [0, 0.05) is 18.9 Å². The maximum Gasteiger partial charge on any atom is 0.230 e. The van der Waals surface area contributed by atoms with Gasteiger partial charge in [0.25, 0.3) is 0 Å². The van der Waals surface area contributed by atoms with E-state index >= 15 is 0 Å². The van der Waals surface area contributed by atoms with E-state index in [2.05, 4.69) is 36.5 Å². The molecule has 0 spiro atoms. The van der Waals surface area contributed by atoms with Gasteiger partial charge in [0.05, 0.1) is 11.9 Å². The quantitative estimate of drug-likeness (QED) is 0.711. The van der Waals surface area contributed by atoms with Crippen LogP contribution in [0.15, 0.2) is 24.3 Å². The smallest absolute Gasteiger partial charge is 0.230 e. The predicted molar refractivity (Wildman–Crippen MR) is 86.1 cm³/mol. The molecule has 1 N–H and O–H groups in total. The van der Waals surface area contributed by atoms with Crippen LogP contribution in [0.2, 0.25) is 0 Å². The van der Waals surface area contributed by atoms with E-state index in [0.717, 1.165) is 12.2 Å². The Kier molecular flexibility index (Phi) is 8.38. The number of nitrogens with one attached hydrogen (secondary N) is 1. The Bertz CT molecular complexity index is 390. The van der Waals surface area contributed by atoms with Crippen molar-refractivity contribution in [2.45, 2.75) is 39.0 Å². The van der Waals surface area contributed by atoms with E-state index in [0.29, 0.717) is 18.9 Å². The Morgan fingerprint density at radius 3 is 2.65 bits per heavy atom. The first-order valence-electron chi connectivity index (χ1n) is 7.09. The summed E-state index contributed by atoms with van der Waals surface area (Å²) in [6, 6.07) is 8.43. The number of thioether (sulfide) groups is 1. The molecule has 3 nitrogen and oxygen atoms in total. The maximum absolute atomic E-state index is 11.6. The van der Waals surface area contributed by atoms with Crippen molar-refractivity contribution >= 4 is 17.7 Å². The number of rotatable bonds is 9. The van der Waals surface area contributed by atoms with Gasteiger partial charge in [-0.15, -0.1) is 11.8 Å². The molecule has 112 valence electrons. The Hall–Kier alpha value is -1.00. The van der Waals surface area contributed by atoms with Crippen molar-refractivity contribution in [3.05, 3.63) is 35.4 Å². The molecule has 0 aliphatic rings. The molecule has 4 heteroatoms. The molecule has 1 rings (SSSR count). The second-order valence-electron chi connectivity index (χ2n) is 5.10. The lowest BCUT2D eigenvalue weighted by molar-refractivity contribution is -0.118. The predicted octanol–water partition coefficient (Wildman–Crippen LogP) is 3.16. The lowest BCUT2D eigenvalue weighted by Gasteiger charge is -2.08. The highest BCUT2D eigenvalue weighted by Gasteiger charge is 2.02. The van der Waals surface area contributed by atoms with Crippen molar-refractivity contribution < 1.29 is 9.53 Å². The topological polar surface area (TPSA) is 38.3 Å². The number of hydrogen-bond donors (Lipinski definition) is 1. The fourth-order valence-corrected chi connectivity index (χ4v) is 2.43. The molecule has 0 saturated carbocycles. The summed E-state index contributed by atoms with van der Waals surface area (Å²) >= 11 is 1.65. The SMILES string of the molecule is Cc1ccc(CSCC(=O)NCCCOC(C)C)cc1. The summed E-state index contributed by atoms with van der Waals surface area (Å²) in [6.45, 7) is 7.50. The number of aryl methyl sites for hydroxylation is 1. The largest absolute Gasteiger partial charge is 0.379 e. The highest BCUT2D eigenvalue weighted by molar-refractivity contribution is 7.99. The zero-order valence-corrected chi connectivity index (χ0v) is 13.5. The molecule has 0 aliphatic heterocycles. The van der Waals surface area contributed by atoms with E-state index in [9.17, 15) is 4.79 Å². The van der Waals surface area contributed by atoms with E-state index in [1.165, 1.54) is 11.1 Å². The normalized spacial score (nSPS) is 10.8. The zero-order chi connectivity index (χ0) is 14.8. The van der Waals surface area contributed by atoms with E-state index in [1.54, 1.807) is 11.8 Å². The number of benzene rings is 1. The molecule has 0 atom stereocenters. The minimum Gasteiger partial charge on any atom is -0.379 e. The van der Waals surface area contributed by atoms with Crippen molar-refractivity contribution in [2.24, 2.45) is 0 Å². The van der Waals surface area contributed by atoms with Gasteiger partial charge in [0.15, 0.2) is 0 Å². The minimum absolute atomic E-state index is 0.103. The van der Waals surface area contributed by atoms with Crippen LogP contribution in [0, 0.1) is 6.92 Å². The van der Waals surface area contributed by atoms with Crippen molar-refractivity contribution in [3.8, 4) is 0 Å². The summed E-state index contributed by atoms with van der Waals surface area (Å²) < 4.78 is 5.42. The molecule has 1 aromatic rings. The third kappa shape index (κ3) is 8.23. The van der Waals surface area contributed by atoms with Crippen LogP contribution in [-0.2, 0) is 15.3 Å². The van der Waals surface area contributed by atoms with Crippen molar-refractivity contribution in [1.29, 1.82) is 0 Å². The van der Waals surface area contributed by atoms with E-state index in [4.69, 9.17) is 4.74 Å². The molecule has 0 radical (unpaired) electrons. The van der Waals surface area contributed by atoms with Gasteiger partial charge >= 0.3 is 0 Å². The molecule has 20 heavy (non-hydrogen) atoms. The van der Waals surface area contributed by atoms with Crippen LogP contribution in [0.1, 0.15) is 31.4 Å². The van der Waals surface area contributed by atoms with Crippen molar-refractivity contribution in [2.75, 3.05) is 18.9 Å². The molecule has 0 aliphatic carbocycles. The van der Waals surface area contributed by atoms with Gasteiger partial charge in [-0.05, 0) is 32.8 Å². The van der Waals surface area contributed by atoms with Crippen LogP contribution >= 0.6 is 11.8 Å². The summed E-state index contributed by atoms with van der Waals surface area (Å²) in [5, 5.41) is 2.91. The van der Waals surface area contributed by atoms with E-state index in [1.807, 2.05) is 13.8 Å². The molecular weight excluding hydrogens is 270 g/mol. The van der Waals surface area contributed by atoms with Crippen LogP contribution in [0.3, 0.4) is 0 Å². The van der Waals surface area contributed by atoms with Crippen LogP contribution in [-0.4, -0.2) is 30.9 Å². The Balaban J connectivity index is 2.04. The fraction of sp³-hybridized carbons (Fsp3) is 0.562. The van der Waals surface area contributed by atoms with Gasteiger partial charge in [-0.1, -0.05) is 29.8 Å². The molecule has 1 amide bonds. The summed E-state index contributed by atoms with van der Waals surface area (Å²) in [7, 11) is 0. The molecule has 0 aromatic heterocycles. The Morgan fingerprint density at radius 2 is 2.00 bits per heavy atom. The average molecular weight is 295 g/mol. The van der Waals surface area contributed by atoms with E-state index in [-0.39, 0.29) is 12.0 Å². The first-order valence-corrected chi connectivity index (χ1v) is 8.25. The summed E-state index contributed by atoms with van der Waals surface area (Å²) in [4.78, 5) is 11.6. The third-order valence-corrected chi connectivity index (χ3v) is 3.72. The third-order valence-electron chi connectivity index (χ3n) is 2.72. The molecule has 0 heterocycles. The van der Waals surface area contributed by atoms with Gasteiger partial charge in [0.1, 0.15) is 0 Å². The number of ether oxygens (including phenoxy) is 1. The number of carbonyl (C=O) groups is 1. The standard InChI is InChI=1S/C16H25NO2S/c1-13(2)19-10-4-9-17-16(18)12-20-11-15-7-5-14(3)6-8-15/h5-8,13H,4,9-12H2,1-3H3,(H,17,18). The van der Waals surface area contributed by atoms with Gasteiger partial charge in [0.2, 0.25) is 5.91 Å². The maximum atomic E-state index is 11.6. The monoisotopic (exact) mass is 295 g/mol. The van der Waals surface area contributed by atoms with E-state index < -0.39 is 0 Å². The van der Waals surface area contributed by atoms with Gasteiger partial charge in [-0.2, -0.15) is 0 Å². The Labute approximate surface area is 126 Å². The van der Waals surface area contributed by atoms with Gasteiger partial charge < -0.3 is 10.1 Å². The molecule has 0 bridgehead atoms.